The molecule has 144 valence electrons. The summed E-state index contributed by atoms with van der Waals surface area (Å²) in [5.41, 5.74) is 0.846. The molecule has 1 fully saturated rings. The zero-order valence-corrected chi connectivity index (χ0v) is 16.1. The number of rotatable bonds is 5. The van der Waals surface area contributed by atoms with Crippen molar-refractivity contribution in [2.45, 2.75) is 32.6 Å². The third-order valence-corrected chi connectivity index (χ3v) is 5.13. The van der Waals surface area contributed by atoms with E-state index in [9.17, 15) is 14.7 Å². The second kappa shape index (κ2) is 8.57. The highest BCUT2D eigenvalue weighted by Crippen LogP contribution is 2.30. The van der Waals surface area contributed by atoms with E-state index in [4.69, 9.17) is 11.6 Å². The number of hydrogen-bond acceptors (Lipinski definition) is 4. The van der Waals surface area contributed by atoms with Crippen LogP contribution in [-0.2, 0) is 4.79 Å². The van der Waals surface area contributed by atoms with Crippen molar-refractivity contribution in [2.24, 2.45) is 5.92 Å². The maximum atomic E-state index is 13.1. The Kier molecular flexibility index (Phi) is 6.16. The number of halogens is 1. The minimum Gasteiger partial charge on any atom is -0.505 e. The predicted octanol–water partition coefficient (Wildman–Crippen LogP) is 3.36. The molecule has 0 bridgehead atoms. The Morgan fingerprint density at radius 3 is 3.00 bits per heavy atom. The van der Waals surface area contributed by atoms with Gasteiger partial charge >= 0.3 is 0 Å². The zero-order valence-electron chi connectivity index (χ0n) is 15.4. The number of amides is 2. The highest BCUT2D eigenvalue weighted by atomic mass is 35.5. The van der Waals surface area contributed by atoms with Crippen LogP contribution in [0.2, 0.25) is 5.02 Å². The van der Waals surface area contributed by atoms with Crippen molar-refractivity contribution in [3.63, 3.8) is 0 Å². The molecule has 2 N–H and O–H groups in total. The maximum Gasteiger partial charge on any atom is 0.258 e. The molecule has 1 aliphatic rings. The molecule has 1 atom stereocenters. The summed E-state index contributed by atoms with van der Waals surface area (Å²) in [4.78, 5) is 30.8. The minimum atomic E-state index is -0.230. The predicted molar refractivity (Wildman–Crippen MR) is 105 cm³/mol. The van der Waals surface area contributed by atoms with Gasteiger partial charge in [-0.15, -0.1) is 0 Å². The standard InChI is InChI=1S/C20H24ClN3O3/c1-2-4-18(26)23-10-13-5-3-8-24(12-13)20(27)19-15-9-14(21)6-7-16(15)22-11-17(19)25/h6-7,9,11,13,25H,2-5,8,10,12H2,1H3,(H,23,26)/t13-/m0/s1. The summed E-state index contributed by atoms with van der Waals surface area (Å²) in [5, 5.41) is 14.3. The van der Waals surface area contributed by atoms with Crippen molar-refractivity contribution < 1.29 is 14.7 Å². The molecular weight excluding hydrogens is 366 g/mol. The fraction of sp³-hybridized carbons (Fsp3) is 0.450. The van der Waals surface area contributed by atoms with Gasteiger partial charge in [0.25, 0.3) is 5.91 Å². The lowest BCUT2D eigenvalue weighted by Crippen LogP contribution is -2.43. The van der Waals surface area contributed by atoms with Crippen LogP contribution >= 0.6 is 11.6 Å². The topological polar surface area (TPSA) is 82.5 Å². The van der Waals surface area contributed by atoms with E-state index in [1.165, 1.54) is 6.20 Å². The van der Waals surface area contributed by atoms with Crippen LogP contribution in [0.3, 0.4) is 0 Å². The van der Waals surface area contributed by atoms with Gasteiger partial charge in [0.2, 0.25) is 5.91 Å². The Morgan fingerprint density at radius 2 is 2.22 bits per heavy atom. The number of pyridine rings is 1. The first-order valence-corrected chi connectivity index (χ1v) is 9.70. The van der Waals surface area contributed by atoms with Gasteiger partial charge in [-0.2, -0.15) is 0 Å². The van der Waals surface area contributed by atoms with Crippen molar-refractivity contribution in [1.29, 1.82) is 0 Å². The molecule has 0 aliphatic carbocycles. The smallest absolute Gasteiger partial charge is 0.258 e. The molecule has 1 aromatic heterocycles. The van der Waals surface area contributed by atoms with Gasteiger partial charge in [0.05, 0.1) is 17.3 Å². The zero-order chi connectivity index (χ0) is 19.4. The first-order valence-electron chi connectivity index (χ1n) is 9.32. The van der Waals surface area contributed by atoms with Crippen LogP contribution in [0.5, 0.6) is 5.75 Å². The summed E-state index contributed by atoms with van der Waals surface area (Å²) < 4.78 is 0. The fourth-order valence-electron chi connectivity index (χ4n) is 3.53. The molecule has 2 heterocycles. The summed E-state index contributed by atoms with van der Waals surface area (Å²) in [6.45, 7) is 3.72. The van der Waals surface area contributed by atoms with Crippen molar-refractivity contribution >= 4 is 34.3 Å². The lowest BCUT2D eigenvalue weighted by atomic mass is 9.96. The molecule has 1 aliphatic heterocycles. The molecule has 0 saturated carbocycles. The van der Waals surface area contributed by atoms with E-state index in [2.05, 4.69) is 10.3 Å². The number of nitrogens with zero attached hydrogens (tertiary/aromatic N) is 2. The molecule has 3 rings (SSSR count). The summed E-state index contributed by atoms with van der Waals surface area (Å²) in [6.07, 6.45) is 4.47. The molecule has 2 aromatic rings. The largest absolute Gasteiger partial charge is 0.505 e. The minimum absolute atomic E-state index is 0.0494. The van der Waals surface area contributed by atoms with E-state index in [-0.39, 0.29) is 29.0 Å². The molecule has 27 heavy (non-hydrogen) atoms. The van der Waals surface area contributed by atoms with Crippen molar-refractivity contribution in [1.82, 2.24) is 15.2 Å². The normalized spacial score (nSPS) is 17.1. The molecule has 6 nitrogen and oxygen atoms in total. The molecule has 1 saturated heterocycles. The van der Waals surface area contributed by atoms with Crippen LogP contribution in [0.4, 0.5) is 0 Å². The molecule has 0 radical (unpaired) electrons. The number of aromatic hydroxyl groups is 1. The number of nitrogens with one attached hydrogen (secondary N) is 1. The molecule has 2 amide bonds. The number of piperidine rings is 1. The van der Waals surface area contributed by atoms with Crippen LogP contribution in [0, 0.1) is 5.92 Å². The highest BCUT2D eigenvalue weighted by Gasteiger charge is 2.27. The van der Waals surface area contributed by atoms with Gasteiger partial charge in [-0.05, 0) is 43.4 Å². The van der Waals surface area contributed by atoms with Crippen molar-refractivity contribution in [3.8, 4) is 5.75 Å². The number of carbonyl (C=O) groups excluding carboxylic acids is 2. The average Bonchev–Trinajstić information content (AvgIpc) is 2.66. The molecule has 7 heteroatoms. The molecule has 0 unspecified atom stereocenters. The Hall–Kier alpha value is -2.34. The van der Waals surface area contributed by atoms with Crippen LogP contribution in [0.25, 0.3) is 10.9 Å². The van der Waals surface area contributed by atoms with Gasteiger partial charge in [-0.1, -0.05) is 18.5 Å². The van der Waals surface area contributed by atoms with Crippen LogP contribution in [0.1, 0.15) is 43.0 Å². The van der Waals surface area contributed by atoms with Gasteiger partial charge in [0.1, 0.15) is 5.75 Å². The van der Waals surface area contributed by atoms with Crippen LogP contribution in [0.15, 0.2) is 24.4 Å². The quantitative estimate of drug-likeness (QED) is 0.821. The Balaban J connectivity index is 1.77. The number of fused-ring (bicyclic) bond motifs is 1. The van der Waals surface area contributed by atoms with Gasteiger partial charge < -0.3 is 15.3 Å². The first kappa shape index (κ1) is 19.4. The number of benzene rings is 1. The molecule has 1 aromatic carbocycles. The fourth-order valence-corrected chi connectivity index (χ4v) is 3.70. The van der Waals surface area contributed by atoms with E-state index in [1.54, 1.807) is 23.1 Å². The third-order valence-electron chi connectivity index (χ3n) is 4.90. The second-order valence-electron chi connectivity index (χ2n) is 6.99. The first-order chi connectivity index (χ1) is 13.0. The van der Waals surface area contributed by atoms with Gasteiger partial charge in [0, 0.05) is 36.5 Å². The third kappa shape index (κ3) is 4.50. The van der Waals surface area contributed by atoms with E-state index in [0.717, 1.165) is 19.3 Å². The van der Waals surface area contributed by atoms with Gasteiger partial charge in [-0.3, -0.25) is 14.6 Å². The van der Waals surface area contributed by atoms with E-state index in [1.807, 2.05) is 6.92 Å². The lowest BCUT2D eigenvalue weighted by molar-refractivity contribution is -0.121. The summed E-state index contributed by atoms with van der Waals surface area (Å²) in [6, 6.07) is 5.09. The Morgan fingerprint density at radius 1 is 1.41 bits per heavy atom. The molecule has 0 spiro atoms. The summed E-state index contributed by atoms with van der Waals surface area (Å²) in [5.74, 6) is -0.115. The van der Waals surface area contributed by atoms with E-state index < -0.39 is 0 Å². The second-order valence-corrected chi connectivity index (χ2v) is 7.43. The van der Waals surface area contributed by atoms with Crippen LogP contribution < -0.4 is 5.32 Å². The Bertz CT molecular complexity index is 850. The molecular formula is C20H24ClN3O3. The monoisotopic (exact) mass is 389 g/mol. The SMILES string of the molecule is CCCC(=O)NC[C@@H]1CCCN(C(=O)c2c(O)cnc3ccc(Cl)cc23)C1. The maximum absolute atomic E-state index is 13.1. The van der Waals surface area contributed by atoms with E-state index in [0.29, 0.717) is 42.0 Å². The highest BCUT2D eigenvalue weighted by molar-refractivity contribution is 6.31. The number of aromatic nitrogens is 1. The van der Waals surface area contributed by atoms with E-state index >= 15 is 0 Å². The lowest BCUT2D eigenvalue weighted by Gasteiger charge is -2.33. The Labute approximate surface area is 163 Å². The van der Waals surface area contributed by atoms with Crippen LogP contribution in [-0.4, -0.2) is 46.4 Å². The van der Waals surface area contributed by atoms with Gasteiger partial charge in [0.15, 0.2) is 0 Å². The summed E-state index contributed by atoms with van der Waals surface area (Å²) in [7, 11) is 0. The number of likely N-dealkylation sites (tertiary alicyclic amines) is 1. The van der Waals surface area contributed by atoms with Crippen molar-refractivity contribution in [3.05, 3.63) is 35.0 Å². The number of carbonyl (C=O) groups is 2. The van der Waals surface area contributed by atoms with Crippen molar-refractivity contribution in [2.75, 3.05) is 19.6 Å². The average molecular weight is 390 g/mol. The number of hydrogen-bond donors (Lipinski definition) is 2. The summed E-state index contributed by atoms with van der Waals surface area (Å²) >= 11 is 6.08. The van der Waals surface area contributed by atoms with Gasteiger partial charge in [-0.25, -0.2) is 0 Å².